The smallest absolute Gasteiger partial charge is 0.251 e. The van der Waals surface area contributed by atoms with Gasteiger partial charge < -0.3 is 11.1 Å². The normalized spacial score (nSPS) is 11.0. The summed E-state index contributed by atoms with van der Waals surface area (Å²) < 4.78 is 23.9. The van der Waals surface area contributed by atoms with E-state index in [4.69, 9.17) is 18.0 Å². The molecular weight excluding hydrogens is 286 g/mol. The van der Waals surface area contributed by atoms with Gasteiger partial charge >= 0.3 is 0 Å². The third-order valence-corrected chi connectivity index (χ3v) is 3.15. The van der Waals surface area contributed by atoms with E-state index >= 15 is 0 Å². The molecule has 0 radical (unpaired) electrons. The average Bonchev–Trinajstić information content (AvgIpc) is 2.33. The van der Waals surface area contributed by atoms with Gasteiger partial charge in [-0.3, -0.25) is 4.79 Å². The van der Waals surface area contributed by atoms with Crippen molar-refractivity contribution < 1.29 is 13.2 Å². The predicted octanol–water partition coefficient (Wildman–Crippen LogP) is -0.400. The van der Waals surface area contributed by atoms with Crippen molar-refractivity contribution in [1.29, 1.82) is 0 Å². The summed E-state index contributed by atoms with van der Waals surface area (Å²) in [4.78, 5) is 12.0. The molecule has 0 aromatic heterocycles. The number of carbonyl (C=O) groups excluding carboxylic acids is 1. The van der Waals surface area contributed by atoms with Crippen LogP contribution in [0.15, 0.2) is 24.3 Å². The first kappa shape index (κ1) is 15.5. The minimum absolute atomic E-state index is 0.138. The van der Waals surface area contributed by atoms with Crippen LogP contribution in [0.1, 0.15) is 15.9 Å². The van der Waals surface area contributed by atoms with Crippen LogP contribution >= 0.6 is 12.2 Å². The van der Waals surface area contributed by atoms with Crippen molar-refractivity contribution in [3.63, 3.8) is 0 Å². The lowest BCUT2D eigenvalue weighted by Crippen LogP contribution is -2.34. The summed E-state index contributed by atoms with van der Waals surface area (Å²) in [6.45, 7) is 0.336. The van der Waals surface area contributed by atoms with Crippen molar-refractivity contribution in [2.45, 2.75) is 0 Å². The van der Waals surface area contributed by atoms with E-state index in [1.807, 2.05) is 0 Å². The van der Waals surface area contributed by atoms with E-state index in [0.29, 0.717) is 11.1 Å². The number of hydrogen-bond acceptors (Lipinski definition) is 4. The fraction of sp³-hybridized carbons (Fsp3) is 0.273. The second kappa shape index (κ2) is 6.60. The van der Waals surface area contributed by atoms with Gasteiger partial charge in [-0.05, 0) is 12.1 Å². The van der Waals surface area contributed by atoms with E-state index in [1.54, 1.807) is 24.3 Å². The second-order valence-electron chi connectivity index (χ2n) is 3.87. The van der Waals surface area contributed by atoms with Crippen LogP contribution in [0.4, 0.5) is 0 Å². The first-order chi connectivity index (χ1) is 8.79. The maximum absolute atomic E-state index is 11.8. The number of hydrogen-bond donors (Lipinski definition) is 3. The summed E-state index contributed by atoms with van der Waals surface area (Å²) in [6.07, 6.45) is 1.06. The minimum Gasteiger partial charge on any atom is -0.389 e. The Bertz CT molecular complexity index is 585. The van der Waals surface area contributed by atoms with Crippen LogP contribution in [0.2, 0.25) is 0 Å². The van der Waals surface area contributed by atoms with Crippen molar-refractivity contribution in [2.75, 3.05) is 19.3 Å². The highest BCUT2D eigenvalue weighted by Gasteiger charge is 2.07. The summed E-state index contributed by atoms with van der Waals surface area (Å²) in [5.74, 6) is -0.312. The van der Waals surface area contributed by atoms with Crippen LogP contribution in [0.3, 0.4) is 0 Å². The molecule has 0 spiro atoms. The van der Waals surface area contributed by atoms with Crippen LogP contribution in [0.25, 0.3) is 0 Å². The molecule has 0 heterocycles. The molecule has 0 aliphatic carbocycles. The molecule has 8 heteroatoms. The molecule has 104 valence electrons. The van der Waals surface area contributed by atoms with Gasteiger partial charge in [0.15, 0.2) is 0 Å². The lowest BCUT2D eigenvalue weighted by Gasteiger charge is -2.07. The number of benzene rings is 1. The maximum atomic E-state index is 11.8. The summed E-state index contributed by atoms with van der Waals surface area (Å²) in [5.41, 5.74) is 6.50. The molecule has 0 unspecified atom stereocenters. The Morgan fingerprint density at radius 1 is 1.32 bits per heavy atom. The topological polar surface area (TPSA) is 101 Å². The number of nitrogens with two attached hydrogens (primary N) is 1. The largest absolute Gasteiger partial charge is 0.389 e. The molecule has 0 aliphatic rings. The Labute approximate surface area is 117 Å². The SMILES string of the molecule is CS(=O)(=O)NCCNC(=O)c1cccc(C(N)=S)c1. The van der Waals surface area contributed by atoms with Crippen LogP contribution in [-0.2, 0) is 10.0 Å². The third-order valence-electron chi connectivity index (χ3n) is 2.18. The van der Waals surface area contributed by atoms with Gasteiger partial charge in [-0.2, -0.15) is 0 Å². The molecule has 0 aliphatic heterocycles. The molecule has 0 fully saturated rings. The standard InChI is InChI=1S/C11H15N3O3S2/c1-19(16,17)14-6-5-13-11(15)9-4-2-3-8(7-9)10(12)18/h2-4,7,14H,5-6H2,1H3,(H2,12,18)(H,13,15). The molecule has 1 rings (SSSR count). The summed E-state index contributed by atoms with van der Waals surface area (Å²) >= 11 is 4.82. The maximum Gasteiger partial charge on any atom is 0.251 e. The van der Waals surface area contributed by atoms with Crippen molar-refractivity contribution in [3.05, 3.63) is 35.4 Å². The quantitative estimate of drug-likeness (QED) is 0.490. The van der Waals surface area contributed by atoms with E-state index in [-0.39, 0.29) is 24.0 Å². The number of amides is 1. The third kappa shape index (κ3) is 5.77. The molecule has 0 bridgehead atoms. The molecule has 0 saturated heterocycles. The van der Waals surface area contributed by atoms with Crippen molar-refractivity contribution in [2.24, 2.45) is 5.73 Å². The van der Waals surface area contributed by atoms with Crippen LogP contribution in [0.5, 0.6) is 0 Å². The number of nitrogens with one attached hydrogen (secondary N) is 2. The lowest BCUT2D eigenvalue weighted by atomic mass is 10.1. The van der Waals surface area contributed by atoms with Crippen molar-refractivity contribution in [3.8, 4) is 0 Å². The minimum atomic E-state index is -3.24. The fourth-order valence-electron chi connectivity index (χ4n) is 1.33. The molecule has 1 aromatic rings. The first-order valence-electron chi connectivity index (χ1n) is 5.42. The Kier molecular flexibility index (Phi) is 5.40. The molecular formula is C11H15N3O3S2. The van der Waals surface area contributed by atoms with E-state index < -0.39 is 10.0 Å². The molecule has 19 heavy (non-hydrogen) atoms. The molecule has 4 N–H and O–H groups in total. The average molecular weight is 301 g/mol. The van der Waals surface area contributed by atoms with Gasteiger partial charge in [0.1, 0.15) is 4.99 Å². The van der Waals surface area contributed by atoms with Gasteiger partial charge in [-0.25, -0.2) is 13.1 Å². The monoisotopic (exact) mass is 301 g/mol. The number of rotatable bonds is 6. The van der Waals surface area contributed by atoms with Gasteiger partial charge in [0.05, 0.1) is 6.26 Å². The van der Waals surface area contributed by atoms with E-state index in [0.717, 1.165) is 6.26 Å². The summed E-state index contributed by atoms with van der Waals surface area (Å²) in [7, 11) is -3.24. The first-order valence-corrected chi connectivity index (χ1v) is 7.72. The van der Waals surface area contributed by atoms with E-state index in [1.165, 1.54) is 0 Å². The van der Waals surface area contributed by atoms with Crippen LogP contribution < -0.4 is 15.8 Å². The van der Waals surface area contributed by atoms with Gasteiger partial charge in [0, 0.05) is 24.2 Å². The Hall–Kier alpha value is -1.51. The Morgan fingerprint density at radius 3 is 2.53 bits per heavy atom. The molecule has 1 amide bonds. The highest BCUT2D eigenvalue weighted by atomic mass is 32.2. The van der Waals surface area contributed by atoms with E-state index in [9.17, 15) is 13.2 Å². The lowest BCUT2D eigenvalue weighted by molar-refractivity contribution is 0.0954. The zero-order valence-electron chi connectivity index (χ0n) is 10.3. The van der Waals surface area contributed by atoms with Gasteiger partial charge in [-0.1, -0.05) is 24.4 Å². The summed E-state index contributed by atoms with van der Waals surface area (Å²) in [5, 5.41) is 2.59. The molecule has 6 nitrogen and oxygen atoms in total. The van der Waals surface area contributed by atoms with E-state index in [2.05, 4.69) is 10.0 Å². The van der Waals surface area contributed by atoms with Crippen molar-refractivity contribution in [1.82, 2.24) is 10.0 Å². The zero-order valence-corrected chi connectivity index (χ0v) is 12.0. The van der Waals surface area contributed by atoms with Gasteiger partial charge in [0.2, 0.25) is 10.0 Å². The number of sulfonamides is 1. The molecule has 1 aromatic carbocycles. The Balaban J connectivity index is 2.54. The van der Waals surface area contributed by atoms with Crippen LogP contribution in [0, 0.1) is 0 Å². The molecule has 0 saturated carbocycles. The number of thiocarbonyl (C=S) groups is 1. The Morgan fingerprint density at radius 2 is 1.95 bits per heavy atom. The predicted molar refractivity (Wildman–Crippen MR) is 77.5 cm³/mol. The summed E-state index contributed by atoms with van der Waals surface area (Å²) in [6, 6.07) is 6.60. The number of carbonyl (C=O) groups is 1. The second-order valence-corrected chi connectivity index (χ2v) is 6.14. The fourth-order valence-corrected chi connectivity index (χ4v) is 1.93. The van der Waals surface area contributed by atoms with Gasteiger partial charge in [0.25, 0.3) is 5.91 Å². The van der Waals surface area contributed by atoms with Crippen LogP contribution in [-0.4, -0.2) is 38.7 Å². The molecule has 0 atom stereocenters. The highest BCUT2D eigenvalue weighted by Crippen LogP contribution is 2.05. The highest BCUT2D eigenvalue weighted by molar-refractivity contribution is 7.88. The van der Waals surface area contributed by atoms with Gasteiger partial charge in [-0.15, -0.1) is 0 Å². The zero-order chi connectivity index (χ0) is 14.5. The van der Waals surface area contributed by atoms with Crippen molar-refractivity contribution >= 4 is 33.1 Å².